The highest BCUT2D eigenvalue weighted by atomic mass is 32.1. The Balaban J connectivity index is 2.16. The highest BCUT2D eigenvalue weighted by Gasteiger charge is 2.08. The molecule has 5 heteroatoms. The van der Waals surface area contributed by atoms with Crippen molar-refractivity contribution in [2.24, 2.45) is 0 Å². The SMILES string of the molecule is CCOc1ccc(Nc2nc(C)sc2C#N)cc1. The molecule has 0 aliphatic rings. The Bertz CT molecular complexity index is 569. The zero-order chi connectivity index (χ0) is 13.0. The molecular formula is C13H13N3OS. The van der Waals surface area contributed by atoms with Gasteiger partial charge in [0.25, 0.3) is 0 Å². The van der Waals surface area contributed by atoms with Gasteiger partial charge in [-0.2, -0.15) is 5.26 Å². The summed E-state index contributed by atoms with van der Waals surface area (Å²) >= 11 is 1.39. The molecule has 0 atom stereocenters. The van der Waals surface area contributed by atoms with E-state index in [4.69, 9.17) is 10.00 Å². The Morgan fingerprint density at radius 2 is 2.11 bits per heavy atom. The van der Waals surface area contributed by atoms with Gasteiger partial charge in [0.15, 0.2) is 5.82 Å². The van der Waals surface area contributed by atoms with Crippen LogP contribution in [-0.4, -0.2) is 11.6 Å². The van der Waals surface area contributed by atoms with E-state index in [1.165, 1.54) is 11.3 Å². The van der Waals surface area contributed by atoms with Crippen molar-refractivity contribution in [2.75, 3.05) is 11.9 Å². The second-order valence-corrected chi connectivity index (χ2v) is 4.81. The number of aromatic nitrogens is 1. The third kappa shape index (κ3) is 2.79. The van der Waals surface area contributed by atoms with E-state index in [2.05, 4.69) is 16.4 Å². The second-order valence-electron chi connectivity index (χ2n) is 3.60. The number of anilines is 2. The summed E-state index contributed by atoms with van der Waals surface area (Å²) in [5.74, 6) is 1.45. The van der Waals surface area contributed by atoms with Crippen LogP contribution in [0.2, 0.25) is 0 Å². The first-order valence-corrected chi connectivity index (χ1v) is 6.42. The predicted octanol–water partition coefficient (Wildman–Crippen LogP) is 3.47. The van der Waals surface area contributed by atoms with Crippen LogP contribution in [0.25, 0.3) is 0 Å². The molecule has 0 amide bonds. The Hall–Kier alpha value is -2.06. The largest absolute Gasteiger partial charge is 0.494 e. The zero-order valence-corrected chi connectivity index (χ0v) is 11.0. The molecule has 1 aromatic heterocycles. The normalized spacial score (nSPS) is 9.83. The van der Waals surface area contributed by atoms with Crippen molar-refractivity contribution in [1.29, 1.82) is 5.26 Å². The van der Waals surface area contributed by atoms with Crippen LogP contribution in [0, 0.1) is 18.3 Å². The molecule has 92 valence electrons. The summed E-state index contributed by atoms with van der Waals surface area (Å²) in [7, 11) is 0. The molecule has 0 aliphatic heterocycles. The molecule has 1 N–H and O–H groups in total. The fourth-order valence-electron chi connectivity index (χ4n) is 1.53. The number of ether oxygens (including phenoxy) is 1. The van der Waals surface area contributed by atoms with Crippen LogP contribution in [0.15, 0.2) is 24.3 Å². The Morgan fingerprint density at radius 3 is 2.72 bits per heavy atom. The fourth-order valence-corrected chi connectivity index (χ4v) is 2.20. The lowest BCUT2D eigenvalue weighted by Crippen LogP contribution is -1.94. The van der Waals surface area contributed by atoms with Crippen LogP contribution in [-0.2, 0) is 0 Å². The molecule has 2 aromatic rings. The summed E-state index contributed by atoms with van der Waals surface area (Å²) in [4.78, 5) is 4.89. The first kappa shape index (κ1) is 12.4. The molecule has 18 heavy (non-hydrogen) atoms. The van der Waals surface area contributed by atoms with E-state index >= 15 is 0 Å². The van der Waals surface area contributed by atoms with E-state index in [0.717, 1.165) is 16.4 Å². The average Bonchev–Trinajstić information content (AvgIpc) is 2.72. The Morgan fingerprint density at radius 1 is 1.39 bits per heavy atom. The van der Waals surface area contributed by atoms with E-state index in [1.807, 2.05) is 38.1 Å². The van der Waals surface area contributed by atoms with Gasteiger partial charge >= 0.3 is 0 Å². The van der Waals surface area contributed by atoms with E-state index in [9.17, 15) is 0 Å². The maximum absolute atomic E-state index is 8.98. The van der Waals surface area contributed by atoms with Gasteiger partial charge in [-0.15, -0.1) is 11.3 Å². The van der Waals surface area contributed by atoms with E-state index in [0.29, 0.717) is 17.3 Å². The summed E-state index contributed by atoms with van der Waals surface area (Å²) in [6.45, 7) is 4.48. The van der Waals surface area contributed by atoms with Gasteiger partial charge in [0.1, 0.15) is 16.7 Å². The van der Waals surface area contributed by atoms with Crippen molar-refractivity contribution >= 4 is 22.8 Å². The Labute approximate surface area is 110 Å². The number of nitriles is 1. The molecule has 0 bridgehead atoms. The minimum absolute atomic E-state index is 0.599. The molecule has 1 aromatic carbocycles. The number of hydrogen-bond acceptors (Lipinski definition) is 5. The summed E-state index contributed by atoms with van der Waals surface area (Å²) in [6, 6.07) is 9.72. The monoisotopic (exact) mass is 259 g/mol. The van der Waals surface area contributed by atoms with E-state index < -0.39 is 0 Å². The number of thiazole rings is 1. The minimum Gasteiger partial charge on any atom is -0.494 e. The molecule has 0 saturated heterocycles. The lowest BCUT2D eigenvalue weighted by molar-refractivity contribution is 0.340. The fraction of sp³-hybridized carbons (Fsp3) is 0.231. The molecule has 2 rings (SSSR count). The highest BCUT2D eigenvalue weighted by molar-refractivity contribution is 7.12. The molecule has 0 radical (unpaired) electrons. The third-order valence-electron chi connectivity index (χ3n) is 2.26. The summed E-state index contributed by atoms with van der Waals surface area (Å²) < 4.78 is 5.37. The smallest absolute Gasteiger partial charge is 0.159 e. The number of nitrogens with one attached hydrogen (secondary N) is 1. The zero-order valence-electron chi connectivity index (χ0n) is 10.2. The molecule has 0 fully saturated rings. The van der Waals surface area contributed by atoms with Gasteiger partial charge in [-0.1, -0.05) is 0 Å². The lowest BCUT2D eigenvalue weighted by Gasteiger charge is -2.06. The van der Waals surface area contributed by atoms with Crippen molar-refractivity contribution in [3.63, 3.8) is 0 Å². The first-order chi connectivity index (χ1) is 8.72. The molecule has 0 spiro atoms. The van der Waals surface area contributed by atoms with E-state index in [-0.39, 0.29) is 0 Å². The van der Waals surface area contributed by atoms with Crippen molar-refractivity contribution < 1.29 is 4.74 Å². The van der Waals surface area contributed by atoms with Crippen LogP contribution in [0.3, 0.4) is 0 Å². The molecule has 0 saturated carbocycles. The Kier molecular flexibility index (Phi) is 3.80. The van der Waals surface area contributed by atoms with Crippen LogP contribution in [0.1, 0.15) is 16.8 Å². The maximum atomic E-state index is 8.98. The van der Waals surface area contributed by atoms with Crippen molar-refractivity contribution in [3.8, 4) is 11.8 Å². The number of rotatable bonds is 4. The van der Waals surface area contributed by atoms with Gasteiger partial charge in [0.2, 0.25) is 0 Å². The highest BCUT2D eigenvalue weighted by Crippen LogP contribution is 2.25. The predicted molar refractivity (Wildman–Crippen MR) is 72.5 cm³/mol. The first-order valence-electron chi connectivity index (χ1n) is 5.60. The number of benzene rings is 1. The lowest BCUT2D eigenvalue weighted by atomic mass is 10.3. The number of hydrogen-bond donors (Lipinski definition) is 1. The molecule has 0 unspecified atom stereocenters. The quantitative estimate of drug-likeness (QED) is 0.913. The van der Waals surface area contributed by atoms with Crippen LogP contribution >= 0.6 is 11.3 Å². The summed E-state index contributed by atoms with van der Waals surface area (Å²) in [5, 5.41) is 13.0. The van der Waals surface area contributed by atoms with Gasteiger partial charge in [0, 0.05) is 5.69 Å². The second kappa shape index (κ2) is 5.52. The van der Waals surface area contributed by atoms with Crippen molar-refractivity contribution in [3.05, 3.63) is 34.2 Å². The standard InChI is InChI=1S/C13H13N3OS/c1-3-17-11-6-4-10(5-7-11)16-13-12(8-14)18-9(2)15-13/h4-7,16H,3H2,1-2H3. The molecule has 1 heterocycles. The van der Waals surface area contributed by atoms with Crippen LogP contribution < -0.4 is 10.1 Å². The van der Waals surface area contributed by atoms with Crippen molar-refractivity contribution in [2.45, 2.75) is 13.8 Å². The molecular weight excluding hydrogens is 246 g/mol. The van der Waals surface area contributed by atoms with Gasteiger partial charge in [-0.25, -0.2) is 4.98 Å². The van der Waals surface area contributed by atoms with E-state index in [1.54, 1.807) is 0 Å². The number of aryl methyl sites for hydroxylation is 1. The molecule has 4 nitrogen and oxygen atoms in total. The van der Waals surface area contributed by atoms with Crippen LogP contribution in [0.4, 0.5) is 11.5 Å². The number of nitrogens with zero attached hydrogens (tertiary/aromatic N) is 2. The summed E-state index contributed by atoms with van der Waals surface area (Å²) in [5.41, 5.74) is 0.889. The third-order valence-corrected chi connectivity index (χ3v) is 3.14. The van der Waals surface area contributed by atoms with Gasteiger partial charge in [-0.05, 0) is 38.1 Å². The average molecular weight is 259 g/mol. The van der Waals surface area contributed by atoms with Gasteiger partial charge < -0.3 is 10.1 Å². The molecule has 0 aliphatic carbocycles. The van der Waals surface area contributed by atoms with Crippen LogP contribution in [0.5, 0.6) is 5.75 Å². The maximum Gasteiger partial charge on any atom is 0.159 e. The van der Waals surface area contributed by atoms with Crippen molar-refractivity contribution in [1.82, 2.24) is 4.98 Å². The van der Waals surface area contributed by atoms with Gasteiger partial charge in [0.05, 0.1) is 11.6 Å². The minimum atomic E-state index is 0.599. The van der Waals surface area contributed by atoms with Gasteiger partial charge in [-0.3, -0.25) is 0 Å². The topological polar surface area (TPSA) is 57.9 Å². The summed E-state index contributed by atoms with van der Waals surface area (Å²) in [6.07, 6.45) is 0.